The molecule has 0 fully saturated rings. The van der Waals surface area contributed by atoms with Crippen LogP contribution in [-0.4, -0.2) is 18.8 Å². The number of nitrogens with zero attached hydrogens (tertiary/aromatic N) is 4. The third-order valence-corrected chi connectivity index (χ3v) is 8.96. The quantitative estimate of drug-likeness (QED) is 0.201. The number of hydrogen-bond donors (Lipinski definition) is 0. The van der Waals surface area contributed by atoms with Gasteiger partial charge in [0.05, 0.1) is 22.4 Å². The van der Waals surface area contributed by atoms with Gasteiger partial charge in [-0.2, -0.15) is 0 Å². The van der Waals surface area contributed by atoms with Gasteiger partial charge in [-0.3, -0.25) is 8.80 Å². The molecule has 0 saturated heterocycles. The minimum Gasteiger partial charge on any atom is -0.299 e. The van der Waals surface area contributed by atoms with Crippen molar-refractivity contribution in [1.29, 1.82) is 0 Å². The summed E-state index contributed by atoms with van der Waals surface area (Å²) in [7, 11) is 0. The summed E-state index contributed by atoms with van der Waals surface area (Å²) in [6.45, 7) is 9.02. The van der Waals surface area contributed by atoms with Crippen LogP contribution in [0.1, 0.15) is 62.0 Å². The second-order valence-corrected chi connectivity index (χ2v) is 12.3. The molecule has 0 spiro atoms. The van der Waals surface area contributed by atoms with E-state index < -0.39 is 0 Å². The highest BCUT2D eigenvalue weighted by atomic mass is 15.0. The number of aryl methyl sites for hydroxylation is 2. The second-order valence-electron chi connectivity index (χ2n) is 12.3. The van der Waals surface area contributed by atoms with E-state index in [0.717, 1.165) is 35.5 Å². The lowest BCUT2D eigenvalue weighted by atomic mass is 9.98. The van der Waals surface area contributed by atoms with Crippen LogP contribution < -0.4 is 0 Å². The molecule has 8 aromatic rings. The van der Waals surface area contributed by atoms with Crippen molar-refractivity contribution in [1.82, 2.24) is 18.8 Å². The predicted molar refractivity (Wildman–Crippen MR) is 176 cm³/mol. The van der Waals surface area contributed by atoms with E-state index in [1.54, 1.807) is 0 Å². The Labute approximate surface area is 245 Å². The third-order valence-electron chi connectivity index (χ3n) is 8.96. The molecule has 0 amide bonds. The Balaban J connectivity index is 1.22. The summed E-state index contributed by atoms with van der Waals surface area (Å²) in [6, 6.07) is 31.1. The summed E-state index contributed by atoms with van der Waals surface area (Å²) in [5.41, 5.74) is 9.37. The van der Waals surface area contributed by atoms with Crippen LogP contribution in [0.3, 0.4) is 0 Å². The van der Waals surface area contributed by atoms with Crippen molar-refractivity contribution >= 4 is 54.6 Å². The normalized spacial score (nSPS) is 12.4. The molecule has 0 aliphatic heterocycles. The maximum atomic E-state index is 5.17. The molecule has 0 N–H and O–H groups in total. The molecule has 0 aliphatic carbocycles. The van der Waals surface area contributed by atoms with Gasteiger partial charge in [0.1, 0.15) is 11.3 Å². The van der Waals surface area contributed by atoms with Gasteiger partial charge < -0.3 is 0 Å². The van der Waals surface area contributed by atoms with Crippen molar-refractivity contribution in [3.63, 3.8) is 0 Å². The van der Waals surface area contributed by atoms with E-state index in [-0.39, 0.29) is 0 Å². The molecule has 0 bridgehead atoms. The highest BCUT2D eigenvalue weighted by Crippen LogP contribution is 2.33. The highest BCUT2D eigenvalue weighted by Gasteiger charge is 2.16. The van der Waals surface area contributed by atoms with Gasteiger partial charge in [-0.1, -0.05) is 88.4 Å². The van der Waals surface area contributed by atoms with Gasteiger partial charge in [-0.15, -0.1) is 0 Å². The molecule has 206 valence electrons. The van der Waals surface area contributed by atoms with Crippen LogP contribution in [0, 0.1) is 0 Å². The van der Waals surface area contributed by atoms with Crippen molar-refractivity contribution in [2.75, 3.05) is 0 Å². The number of hydrogen-bond acceptors (Lipinski definition) is 2. The molecule has 0 radical (unpaired) electrons. The first-order valence-electron chi connectivity index (χ1n) is 15.1. The number of rotatable bonds is 5. The first kappa shape index (κ1) is 25.0. The van der Waals surface area contributed by atoms with Crippen LogP contribution in [-0.2, 0) is 12.8 Å². The summed E-state index contributed by atoms with van der Waals surface area (Å²) in [5.74, 6) is 0.971. The Bertz CT molecular complexity index is 2150. The van der Waals surface area contributed by atoms with Crippen molar-refractivity contribution in [2.45, 2.75) is 52.4 Å². The van der Waals surface area contributed by atoms with Gasteiger partial charge >= 0.3 is 0 Å². The van der Waals surface area contributed by atoms with Crippen LogP contribution in [0.5, 0.6) is 0 Å². The maximum Gasteiger partial charge on any atom is 0.145 e. The largest absolute Gasteiger partial charge is 0.299 e. The Morgan fingerprint density at radius 2 is 0.905 bits per heavy atom. The fourth-order valence-electron chi connectivity index (χ4n) is 6.61. The van der Waals surface area contributed by atoms with Crippen LogP contribution in [0.25, 0.3) is 54.6 Å². The predicted octanol–water partition coefficient (Wildman–Crippen LogP) is 9.63. The molecule has 4 aromatic heterocycles. The van der Waals surface area contributed by atoms with Crippen molar-refractivity contribution < 1.29 is 0 Å². The number of imidazole rings is 2. The lowest BCUT2D eigenvalue weighted by Crippen LogP contribution is -1.93. The lowest BCUT2D eigenvalue weighted by Gasteiger charge is -2.11. The standard InChI is InChI=1S/C38H34N4/c1-23(2)25-13-17-35-33(19-25)29-9-5-7-11-31(29)37-39-27(21-41(35)37)15-16-28-22-42-36-18-14-26(24(3)4)20-34(36)30-10-6-8-12-32(30)38(42)40-28/h5-14,17-24H,15-16H2,1-4H3. The fourth-order valence-corrected chi connectivity index (χ4v) is 6.61. The Hall–Kier alpha value is -4.70. The van der Waals surface area contributed by atoms with Crippen molar-refractivity contribution in [2.24, 2.45) is 0 Å². The average Bonchev–Trinajstić information content (AvgIpc) is 3.65. The molecule has 4 heterocycles. The van der Waals surface area contributed by atoms with Crippen LogP contribution in [0.2, 0.25) is 0 Å². The first-order chi connectivity index (χ1) is 20.5. The Morgan fingerprint density at radius 3 is 1.31 bits per heavy atom. The molecule has 0 saturated carbocycles. The topological polar surface area (TPSA) is 34.6 Å². The molecule has 0 aliphatic rings. The first-order valence-corrected chi connectivity index (χ1v) is 15.1. The smallest absolute Gasteiger partial charge is 0.145 e. The Morgan fingerprint density at radius 1 is 0.500 bits per heavy atom. The minimum atomic E-state index is 0.485. The lowest BCUT2D eigenvalue weighted by molar-refractivity contribution is 0.868. The monoisotopic (exact) mass is 546 g/mol. The molecular weight excluding hydrogens is 512 g/mol. The minimum absolute atomic E-state index is 0.485. The molecule has 8 rings (SSSR count). The molecular formula is C38H34N4. The Kier molecular flexibility index (Phi) is 5.62. The summed E-state index contributed by atoms with van der Waals surface area (Å²) < 4.78 is 4.57. The van der Waals surface area contributed by atoms with Crippen LogP contribution in [0.4, 0.5) is 0 Å². The van der Waals surface area contributed by atoms with Crippen LogP contribution in [0.15, 0.2) is 97.3 Å². The van der Waals surface area contributed by atoms with Crippen LogP contribution >= 0.6 is 0 Å². The van der Waals surface area contributed by atoms with E-state index in [9.17, 15) is 0 Å². The van der Waals surface area contributed by atoms with E-state index in [2.05, 4.69) is 134 Å². The molecule has 0 atom stereocenters. The highest BCUT2D eigenvalue weighted by molar-refractivity contribution is 6.12. The summed E-state index contributed by atoms with van der Waals surface area (Å²) >= 11 is 0. The number of aromatic nitrogens is 4. The van der Waals surface area contributed by atoms with E-state index in [1.807, 2.05) is 0 Å². The summed E-state index contributed by atoms with van der Waals surface area (Å²) in [4.78, 5) is 10.3. The third kappa shape index (κ3) is 3.82. The fraction of sp³-hybridized carbons (Fsp3) is 0.211. The van der Waals surface area contributed by atoms with E-state index in [4.69, 9.17) is 9.97 Å². The van der Waals surface area contributed by atoms with Gasteiger partial charge in [-0.05, 0) is 70.8 Å². The van der Waals surface area contributed by atoms with E-state index in [1.165, 1.54) is 54.5 Å². The zero-order chi connectivity index (χ0) is 28.5. The van der Waals surface area contributed by atoms with E-state index in [0.29, 0.717) is 11.8 Å². The van der Waals surface area contributed by atoms with Crippen molar-refractivity contribution in [3.8, 4) is 0 Å². The van der Waals surface area contributed by atoms with Gasteiger partial charge in [-0.25, -0.2) is 9.97 Å². The van der Waals surface area contributed by atoms with E-state index >= 15 is 0 Å². The van der Waals surface area contributed by atoms with Gasteiger partial charge in [0.25, 0.3) is 0 Å². The number of pyridine rings is 2. The van der Waals surface area contributed by atoms with Gasteiger partial charge in [0.2, 0.25) is 0 Å². The number of fused-ring (bicyclic) bond motifs is 12. The molecule has 0 unspecified atom stereocenters. The number of benzene rings is 4. The molecule has 4 nitrogen and oxygen atoms in total. The summed E-state index contributed by atoms with van der Waals surface area (Å²) in [5, 5.41) is 7.49. The zero-order valence-electron chi connectivity index (χ0n) is 24.6. The summed E-state index contributed by atoms with van der Waals surface area (Å²) in [6.07, 6.45) is 6.12. The molecule has 4 heteroatoms. The molecule has 42 heavy (non-hydrogen) atoms. The second kappa shape index (κ2) is 9.42. The zero-order valence-corrected chi connectivity index (χ0v) is 24.6. The van der Waals surface area contributed by atoms with Crippen molar-refractivity contribution in [3.05, 3.63) is 120 Å². The van der Waals surface area contributed by atoms with Gasteiger partial charge in [0, 0.05) is 33.9 Å². The maximum absolute atomic E-state index is 5.17. The SMILES string of the molecule is CC(C)c1ccc2c(c1)c1ccccc1c1nc(CCc3cn4c5ccc(C(C)C)cc5c5ccccc5c4n3)cn21. The molecule has 4 aromatic carbocycles. The van der Waals surface area contributed by atoms with Gasteiger partial charge in [0.15, 0.2) is 0 Å². The average molecular weight is 547 g/mol.